The van der Waals surface area contributed by atoms with Crippen molar-refractivity contribution in [3.05, 3.63) is 64.2 Å². The molecule has 1 saturated heterocycles. The number of anilines is 1. The molecule has 0 aliphatic carbocycles. The fraction of sp³-hybridized carbons (Fsp3) is 0.278. The number of sulfonamides is 1. The zero-order valence-electron chi connectivity index (χ0n) is 15.4. The van der Waals surface area contributed by atoms with Gasteiger partial charge in [0.15, 0.2) is 0 Å². The number of benzene rings is 2. The molecule has 1 N–H and O–H groups in total. The van der Waals surface area contributed by atoms with Gasteiger partial charge in [-0.25, -0.2) is 8.42 Å². The minimum Gasteiger partial charge on any atom is -0.304 e. The molecule has 1 heterocycles. The van der Waals surface area contributed by atoms with Crippen molar-refractivity contribution in [1.82, 2.24) is 9.21 Å². The molecule has 2 aromatic rings. The van der Waals surface area contributed by atoms with Gasteiger partial charge in [-0.15, -0.1) is 0 Å². The highest BCUT2D eigenvalue weighted by Crippen LogP contribution is 2.29. The summed E-state index contributed by atoms with van der Waals surface area (Å²) in [6.45, 7) is 1.86. The molecule has 0 amide bonds. The van der Waals surface area contributed by atoms with E-state index >= 15 is 0 Å². The molecule has 9 nitrogen and oxygen atoms in total. The SMILES string of the molecule is CN1CCN(S(=O)(=O)c2cc([N+](=O)[O-])ccc2NN=Cc2ccccc2)CC1. The Morgan fingerprint density at radius 3 is 2.43 bits per heavy atom. The molecule has 1 fully saturated rings. The Kier molecular flexibility index (Phi) is 6.02. The summed E-state index contributed by atoms with van der Waals surface area (Å²) in [5, 5.41) is 15.2. The standard InChI is InChI=1S/C18H21N5O4S/c1-21-9-11-22(12-10-21)28(26,27)18-13-16(23(24)25)7-8-17(18)20-19-14-15-5-3-2-4-6-15/h2-8,13-14,20H,9-12H2,1H3. The molecule has 1 aliphatic heterocycles. The lowest BCUT2D eigenvalue weighted by Crippen LogP contribution is -2.47. The van der Waals surface area contributed by atoms with Crippen LogP contribution in [-0.4, -0.2) is 62.0 Å². The predicted molar refractivity (Wildman–Crippen MR) is 107 cm³/mol. The van der Waals surface area contributed by atoms with Crippen LogP contribution in [0.4, 0.5) is 11.4 Å². The Morgan fingerprint density at radius 2 is 1.79 bits per heavy atom. The van der Waals surface area contributed by atoms with Crippen molar-refractivity contribution >= 4 is 27.6 Å². The fourth-order valence-corrected chi connectivity index (χ4v) is 4.40. The predicted octanol–water partition coefficient (Wildman–Crippen LogP) is 1.98. The van der Waals surface area contributed by atoms with Gasteiger partial charge in [0.2, 0.25) is 10.0 Å². The molecule has 0 bridgehead atoms. The lowest BCUT2D eigenvalue weighted by molar-refractivity contribution is -0.385. The lowest BCUT2D eigenvalue weighted by atomic mass is 10.2. The first-order valence-electron chi connectivity index (χ1n) is 8.69. The number of piperazine rings is 1. The quantitative estimate of drug-likeness (QED) is 0.449. The van der Waals surface area contributed by atoms with Crippen LogP contribution in [0, 0.1) is 10.1 Å². The highest BCUT2D eigenvalue weighted by atomic mass is 32.2. The first-order chi connectivity index (χ1) is 13.4. The van der Waals surface area contributed by atoms with Gasteiger partial charge in [0, 0.05) is 38.3 Å². The molecule has 0 aromatic heterocycles. The molecule has 1 aliphatic rings. The van der Waals surface area contributed by atoms with Crippen molar-refractivity contribution in [3.8, 4) is 0 Å². The molecule has 0 saturated carbocycles. The summed E-state index contributed by atoms with van der Waals surface area (Å²) >= 11 is 0. The third kappa shape index (κ3) is 4.53. The van der Waals surface area contributed by atoms with Gasteiger partial charge in [0.25, 0.3) is 5.69 Å². The van der Waals surface area contributed by atoms with Gasteiger partial charge in [-0.2, -0.15) is 9.41 Å². The van der Waals surface area contributed by atoms with Gasteiger partial charge in [-0.1, -0.05) is 30.3 Å². The smallest absolute Gasteiger partial charge is 0.270 e. The third-order valence-electron chi connectivity index (χ3n) is 4.45. The lowest BCUT2D eigenvalue weighted by Gasteiger charge is -2.31. The van der Waals surface area contributed by atoms with Crippen molar-refractivity contribution in [2.75, 3.05) is 38.7 Å². The second-order valence-electron chi connectivity index (χ2n) is 6.43. The van der Waals surface area contributed by atoms with Crippen LogP contribution in [0.2, 0.25) is 0 Å². The molecule has 2 aromatic carbocycles. The zero-order chi connectivity index (χ0) is 20.1. The van der Waals surface area contributed by atoms with Crippen molar-refractivity contribution in [3.63, 3.8) is 0 Å². The van der Waals surface area contributed by atoms with E-state index in [1.165, 1.54) is 16.4 Å². The average Bonchev–Trinajstić information content (AvgIpc) is 2.69. The van der Waals surface area contributed by atoms with E-state index in [0.29, 0.717) is 26.2 Å². The molecule has 3 rings (SSSR count). The maximum Gasteiger partial charge on any atom is 0.270 e. The Hall–Kier alpha value is -2.82. The Morgan fingerprint density at radius 1 is 1.11 bits per heavy atom. The fourth-order valence-electron chi connectivity index (χ4n) is 2.81. The monoisotopic (exact) mass is 403 g/mol. The molecule has 28 heavy (non-hydrogen) atoms. The Labute approximate surface area is 163 Å². The second-order valence-corrected chi connectivity index (χ2v) is 8.33. The number of hydrogen-bond acceptors (Lipinski definition) is 7. The van der Waals surface area contributed by atoms with Crippen LogP contribution in [-0.2, 0) is 10.0 Å². The van der Waals surface area contributed by atoms with E-state index in [-0.39, 0.29) is 16.3 Å². The van der Waals surface area contributed by atoms with Crippen LogP contribution in [0.5, 0.6) is 0 Å². The van der Waals surface area contributed by atoms with E-state index in [1.54, 1.807) is 6.21 Å². The van der Waals surface area contributed by atoms with Crippen molar-refractivity contribution < 1.29 is 13.3 Å². The number of hydrogen-bond donors (Lipinski definition) is 1. The molecule has 0 radical (unpaired) electrons. The van der Waals surface area contributed by atoms with Gasteiger partial charge >= 0.3 is 0 Å². The van der Waals surface area contributed by atoms with E-state index in [4.69, 9.17) is 0 Å². The number of non-ortho nitro benzene ring substituents is 1. The van der Waals surface area contributed by atoms with Crippen LogP contribution in [0.15, 0.2) is 58.5 Å². The van der Waals surface area contributed by atoms with Gasteiger partial charge < -0.3 is 4.90 Å². The van der Waals surface area contributed by atoms with E-state index in [1.807, 2.05) is 42.3 Å². The van der Waals surface area contributed by atoms with Gasteiger partial charge in [-0.05, 0) is 18.7 Å². The highest BCUT2D eigenvalue weighted by molar-refractivity contribution is 7.89. The second kappa shape index (κ2) is 8.46. The third-order valence-corrected chi connectivity index (χ3v) is 6.39. The summed E-state index contributed by atoms with van der Waals surface area (Å²) in [5.41, 5.74) is 3.45. The van der Waals surface area contributed by atoms with Crippen molar-refractivity contribution in [1.29, 1.82) is 0 Å². The normalized spacial score (nSPS) is 16.3. The largest absolute Gasteiger partial charge is 0.304 e. The maximum atomic E-state index is 13.1. The van der Waals surface area contributed by atoms with E-state index in [0.717, 1.165) is 11.6 Å². The molecular weight excluding hydrogens is 382 g/mol. The van der Waals surface area contributed by atoms with Gasteiger partial charge in [0.1, 0.15) is 4.90 Å². The number of nitro groups is 1. The minimum atomic E-state index is -3.90. The molecular formula is C18H21N5O4S. The first kappa shape index (κ1) is 19.9. The number of likely N-dealkylation sites (N-methyl/N-ethyl adjacent to an activating group) is 1. The Bertz CT molecular complexity index is 971. The topological polar surface area (TPSA) is 108 Å². The summed E-state index contributed by atoms with van der Waals surface area (Å²) in [7, 11) is -1.98. The summed E-state index contributed by atoms with van der Waals surface area (Å²) in [4.78, 5) is 12.4. The first-order valence-corrected chi connectivity index (χ1v) is 10.1. The molecule has 0 atom stereocenters. The maximum absolute atomic E-state index is 13.1. The average molecular weight is 403 g/mol. The van der Waals surface area contributed by atoms with Crippen LogP contribution in [0.1, 0.15) is 5.56 Å². The van der Waals surface area contributed by atoms with Crippen LogP contribution < -0.4 is 5.43 Å². The summed E-state index contributed by atoms with van der Waals surface area (Å²) < 4.78 is 27.6. The Balaban J connectivity index is 1.92. The number of nitrogens with zero attached hydrogens (tertiary/aromatic N) is 4. The minimum absolute atomic E-state index is 0.156. The zero-order valence-corrected chi connectivity index (χ0v) is 16.2. The number of rotatable bonds is 6. The molecule has 0 spiro atoms. The van der Waals surface area contributed by atoms with E-state index in [9.17, 15) is 18.5 Å². The number of nitro benzene ring substituents is 1. The summed E-state index contributed by atoms with van der Waals surface area (Å²) in [6.07, 6.45) is 1.55. The molecule has 148 valence electrons. The van der Waals surface area contributed by atoms with Crippen molar-refractivity contribution in [2.45, 2.75) is 4.90 Å². The van der Waals surface area contributed by atoms with Gasteiger partial charge in [-0.3, -0.25) is 15.5 Å². The summed E-state index contributed by atoms with van der Waals surface area (Å²) in [6, 6.07) is 13.0. The van der Waals surface area contributed by atoms with E-state index < -0.39 is 14.9 Å². The summed E-state index contributed by atoms with van der Waals surface area (Å²) in [5.74, 6) is 0. The van der Waals surface area contributed by atoms with Crippen LogP contribution in [0.3, 0.4) is 0 Å². The highest BCUT2D eigenvalue weighted by Gasteiger charge is 2.31. The van der Waals surface area contributed by atoms with Crippen LogP contribution in [0.25, 0.3) is 0 Å². The number of nitrogens with one attached hydrogen (secondary N) is 1. The van der Waals surface area contributed by atoms with Gasteiger partial charge in [0.05, 0.1) is 16.8 Å². The number of hydrazone groups is 1. The molecule has 10 heteroatoms. The molecule has 0 unspecified atom stereocenters. The van der Waals surface area contributed by atoms with Crippen LogP contribution >= 0.6 is 0 Å². The van der Waals surface area contributed by atoms with Crippen molar-refractivity contribution in [2.24, 2.45) is 5.10 Å². The van der Waals surface area contributed by atoms with E-state index in [2.05, 4.69) is 10.5 Å².